The van der Waals surface area contributed by atoms with Crippen molar-refractivity contribution in [1.82, 2.24) is 9.80 Å². The molecule has 0 N–H and O–H groups in total. The summed E-state index contributed by atoms with van der Waals surface area (Å²) in [5, 5.41) is 0. The maximum Gasteiger partial charge on any atom is 0.410 e. The SMILES string of the molecule is CC(C)[C@@H]1COC(=O)N1C1CCN(C)CC1. The maximum absolute atomic E-state index is 11.8. The van der Waals surface area contributed by atoms with Crippen LogP contribution in [0.4, 0.5) is 4.79 Å². The quantitative estimate of drug-likeness (QED) is 0.716. The molecule has 4 heteroatoms. The normalized spacial score (nSPS) is 28.9. The fraction of sp³-hybridized carbons (Fsp3) is 0.917. The van der Waals surface area contributed by atoms with Gasteiger partial charge in [0.1, 0.15) is 6.61 Å². The van der Waals surface area contributed by atoms with E-state index in [0.29, 0.717) is 18.6 Å². The molecule has 0 aliphatic carbocycles. The molecule has 0 spiro atoms. The minimum Gasteiger partial charge on any atom is -0.447 e. The number of carbonyl (C=O) groups is 1. The first-order valence-electron chi connectivity index (χ1n) is 6.23. The highest BCUT2D eigenvalue weighted by molar-refractivity contribution is 5.70. The van der Waals surface area contributed by atoms with E-state index in [0.717, 1.165) is 25.9 Å². The van der Waals surface area contributed by atoms with Crippen molar-refractivity contribution in [1.29, 1.82) is 0 Å². The minimum atomic E-state index is -0.103. The van der Waals surface area contributed by atoms with Gasteiger partial charge in [-0.1, -0.05) is 13.8 Å². The lowest BCUT2D eigenvalue weighted by molar-refractivity contribution is 0.106. The summed E-state index contributed by atoms with van der Waals surface area (Å²) in [6.07, 6.45) is 2.05. The summed E-state index contributed by atoms with van der Waals surface area (Å²) < 4.78 is 5.19. The van der Waals surface area contributed by atoms with E-state index in [1.807, 2.05) is 4.90 Å². The lowest BCUT2D eigenvalue weighted by atomic mass is 9.98. The molecule has 0 bridgehead atoms. The summed E-state index contributed by atoms with van der Waals surface area (Å²) >= 11 is 0. The van der Waals surface area contributed by atoms with E-state index < -0.39 is 0 Å². The lowest BCUT2D eigenvalue weighted by Gasteiger charge is -2.37. The van der Waals surface area contributed by atoms with E-state index >= 15 is 0 Å². The number of ether oxygens (including phenoxy) is 1. The number of hydrogen-bond acceptors (Lipinski definition) is 3. The Morgan fingerprint density at radius 2 is 1.94 bits per heavy atom. The zero-order chi connectivity index (χ0) is 11.7. The zero-order valence-corrected chi connectivity index (χ0v) is 10.5. The Morgan fingerprint density at radius 3 is 2.50 bits per heavy atom. The lowest BCUT2D eigenvalue weighted by Crippen LogP contribution is -2.49. The fourth-order valence-corrected chi connectivity index (χ4v) is 2.65. The van der Waals surface area contributed by atoms with Crippen molar-refractivity contribution in [3.05, 3.63) is 0 Å². The van der Waals surface area contributed by atoms with E-state index in [1.54, 1.807) is 0 Å². The zero-order valence-electron chi connectivity index (χ0n) is 10.5. The van der Waals surface area contributed by atoms with E-state index in [4.69, 9.17) is 4.74 Å². The molecule has 0 aromatic carbocycles. The fourth-order valence-electron chi connectivity index (χ4n) is 2.65. The summed E-state index contributed by atoms with van der Waals surface area (Å²) in [4.78, 5) is 16.1. The number of nitrogens with zero attached hydrogens (tertiary/aromatic N) is 2. The first kappa shape index (κ1) is 11.7. The molecule has 2 aliphatic rings. The molecule has 0 radical (unpaired) electrons. The summed E-state index contributed by atoms with van der Waals surface area (Å²) in [6.45, 7) is 7.06. The summed E-state index contributed by atoms with van der Waals surface area (Å²) in [5.41, 5.74) is 0. The van der Waals surface area contributed by atoms with Crippen LogP contribution < -0.4 is 0 Å². The number of likely N-dealkylation sites (tertiary alicyclic amines) is 1. The summed E-state index contributed by atoms with van der Waals surface area (Å²) in [6, 6.07) is 0.666. The Labute approximate surface area is 97.5 Å². The number of amides is 1. The van der Waals surface area contributed by atoms with Gasteiger partial charge in [-0.25, -0.2) is 4.79 Å². The number of cyclic esters (lactones) is 1. The van der Waals surface area contributed by atoms with Crippen LogP contribution >= 0.6 is 0 Å². The maximum atomic E-state index is 11.8. The molecule has 2 aliphatic heterocycles. The second-order valence-electron chi connectivity index (χ2n) is 5.33. The van der Waals surface area contributed by atoms with Crippen molar-refractivity contribution in [2.45, 2.75) is 38.8 Å². The van der Waals surface area contributed by atoms with Crippen LogP contribution in [0, 0.1) is 5.92 Å². The van der Waals surface area contributed by atoms with Crippen molar-refractivity contribution in [2.24, 2.45) is 5.92 Å². The highest BCUT2D eigenvalue weighted by Crippen LogP contribution is 2.26. The molecule has 1 atom stereocenters. The van der Waals surface area contributed by atoms with Crippen LogP contribution in [0.5, 0.6) is 0 Å². The van der Waals surface area contributed by atoms with Gasteiger partial charge in [0.2, 0.25) is 0 Å². The van der Waals surface area contributed by atoms with Crippen LogP contribution in [-0.4, -0.2) is 54.7 Å². The Kier molecular flexibility index (Phi) is 3.38. The third-order valence-electron chi connectivity index (χ3n) is 3.80. The highest BCUT2D eigenvalue weighted by atomic mass is 16.6. The number of piperidine rings is 1. The molecule has 16 heavy (non-hydrogen) atoms. The van der Waals surface area contributed by atoms with Gasteiger partial charge in [0.05, 0.1) is 6.04 Å². The number of hydrogen-bond donors (Lipinski definition) is 0. The molecule has 2 saturated heterocycles. The van der Waals surface area contributed by atoms with Crippen LogP contribution in [0.1, 0.15) is 26.7 Å². The smallest absolute Gasteiger partial charge is 0.410 e. The molecule has 0 aromatic heterocycles. The molecule has 0 saturated carbocycles. The molecular formula is C12H22N2O2. The van der Waals surface area contributed by atoms with E-state index in [1.165, 1.54) is 0 Å². The molecule has 0 unspecified atom stereocenters. The van der Waals surface area contributed by atoms with Gasteiger partial charge in [0.15, 0.2) is 0 Å². The van der Waals surface area contributed by atoms with Crippen LogP contribution in [0.25, 0.3) is 0 Å². The Balaban J connectivity index is 2.03. The average Bonchev–Trinajstić information content (AvgIpc) is 2.62. The molecule has 2 heterocycles. The molecule has 2 rings (SSSR count). The van der Waals surface area contributed by atoms with Gasteiger partial charge < -0.3 is 9.64 Å². The Bertz CT molecular complexity index is 260. The first-order chi connectivity index (χ1) is 7.59. The first-order valence-corrected chi connectivity index (χ1v) is 6.23. The van der Waals surface area contributed by atoms with Crippen molar-refractivity contribution in [3.8, 4) is 0 Å². The molecular weight excluding hydrogens is 204 g/mol. The van der Waals surface area contributed by atoms with Gasteiger partial charge in [-0.2, -0.15) is 0 Å². The Morgan fingerprint density at radius 1 is 1.31 bits per heavy atom. The predicted molar refractivity (Wildman–Crippen MR) is 62.3 cm³/mol. The van der Waals surface area contributed by atoms with Crippen molar-refractivity contribution in [2.75, 3.05) is 26.7 Å². The highest BCUT2D eigenvalue weighted by Gasteiger charge is 2.40. The predicted octanol–water partition coefficient (Wildman–Crippen LogP) is 1.56. The van der Waals surface area contributed by atoms with E-state index in [2.05, 4.69) is 25.8 Å². The molecule has 4 nitrogen and oxygen atoms in total. The summed E-state index contributed by atoms with van der Waals surface area (Å²) in [5.74, 6) is 0.478. The van der Waals surface area contributed by atoms with Gasteiger partial charge >= 0.3 is 6.09 Å². The van der Waals surface area contributed by atoms with E-state index in [9.17, 15) is 4.79 Å². The summed E-state index contributed by atoms with van der Waals surface area (Å²) in [7, 11) is 2.14. The average molecular weight is 226 g/mol. The molecule has 0 aromatic rings. The Hall–Kier alpha value is -0.770. The van der Waals surface area contributed by atoms with E-state index in [-0.39, 0.29) is 12.1 Å². The number of carbonyl (C=O) groups excluding carboxylic acids is 1. The third-order valence-corrected chi connectivity index (χ3v) is 3.80. The third kappa shape index (κ3) is 2.17. The monoisotopic (exact) mass is 226 g/mol. The molecule has 2 fully saturated rings. The van der Waals surface area contributed by atoms with Gasteiger partial charge in [-0.05, 0) is 38.9 Å². The standard InChI is InChI=1S/C12H22N2O2/c1-9(2)11-8-16-12(15)14(11)10-4-6-13(3)7-5-10/h9-11H,4-8H2,1-3H3/t11-/m0/s1. The van der Waals surface area contributed by atoms with Gasteiger partial charge in [-0.15, -0.1) is 0 Å². The molecule has 1 amide bonds. The van der Waals surface area contributed by atoms with Crippen molar-refractivity contribution >= 4 is 6.09 Å². The minimum absolute atomic E-state index is 0.103. The van der Waals surface area contributed by atoms with Gasteiger partial charge in [0.25, 0.3) is 0 Å². The largest absolute Gasteiger partial charge is 0.447 e. The van der Waals surface area contributed by atoms with Crippen LogP contribution in [0.3, 0.4) is 0 Å². The van der Waals surface area contributed by atoms with Gasteiger partial charge in [0, 0.05) is 6.04 Å². The van der Waals surface area contributed by atoms with Crippen LogP contribution in [0.2, 0.25) is 0 Å². The second kappa shape index (κ2) is 4.62. The topological polar surface area (TPSA) is 32.8 Å². The van der Waals surface area contributed by atoms with Crippen molar-refractivity contribution in [3.63, 3.8) is 0 Å². The van der Waals surface area contributed by atoms with Crippen molar-refractivity contribution < 1.29 is 9.53 Å². The molecule has 92 valence electrons. The van der Waals surface area contributed by atoms with Crippen LogP contribution in [0.15, 0.2) is 0 Å². The second-order valence-corrected chi connectivity index (χ2v) is 5.33. The number of rotatable bonds is 2. The van der Waals surface area contributed by atoms with Gasteiger partial charge in [-0.3, -0.25) is 4.90 Å². The van der Waals surface area contributed by atoms with Crippen LogP contribution in [-0.2, 0) is 4.74 Å².